The van der Waals surface area contributed by atoms with E-state index in [-0.39, 0.29) is 5.76 Å². The Balaban J connectivity index is 2.55. The number of hydrogen-bond donors (Lipinski definition) is 1. The van der Waals surface area contributed by atoms with Crippen molar-refractivity contribution in [2.45, 2.75) is 6.42 Å². The van der Waals surface area contributed by atoms with Crippen LogP contribution in [0.15, 0.2) is 21.3 Å². The van der Waals surface area contributed by atoms with Crippen molar-refractivity contribution in [2.75, 3.05) is 13.6 Å². The standard InChI is InChI=1S/C11H13ClN2O2/c1-13-4-3-7-5-8(12)10-9(6-7)16-11(15)14(10)2/h5-6,13H,3-4H2,1-2H3. The third kappa shape index (κ3) is 1.86. The molecule has 0 saturated heterocycles. The SMILES string of the molecule is CNCCc1cc(Cl)c2c(c1)oc(=O)n2C. The van der Waals surface area contributed by atoms with Crippen molar-refractivity contribution in [3.8, 4) is 0 Å². The molecule has 0 radical (unpaired) electrons. The Labute approximate surface area is 97.8 Å². The first kappa shape index (κ1) is 11.2. The predicted octanol–water partition coefficient (Wildman–Crippen LogP) is 1.55. The number of halogens is 1. The molecule has 0 unspecified atom stereocenters. The second-order valence-electron chi connectivity index (χ2n) is 3.70. The second-order valence-corrected chi connectivity index (χ2v) is 4.11. The van der Waals surface area contributed by atoms with Crippen LogP contribution in [0.2, 0.25) is 5.02 Å². The minimum atomic E-state index is -0.386. The van der Waals surface area contributed by atoms with Gasteiger partial charge in [0.15, 0.2) is 5.58 Å². The maximum absolute atomic E-state index is 11.3. The zero-order valence-electron chi connectivity index (χ0n) is 9.21. The first-order chi connectivity index (χ1) is 7.63. The van der Waals surface area contributed by atoms with E-state index in [0.29, 0.717) is 16.1 Å². The van der Waals surface area contributed by atoms with Gasteiger partial charge in [0.2, 0.25) is 0 Å². The lowest BCUT2D eigenvalue weighted by Gasteiger charge is -2.02. The van der Waals surface area contributed by atoms with Crippen molar-refractivity contribution in [1.29, 1.82) is 0 Å². The Hall–Kier alpha value is -1.26. The summed E-state index contributed by atoms with van der Waals surface area (Å²) in [5, 5.41) is 3.61. The molecule has 1 heterocycles. The average molecular weight is 241 g/mol. The Morgan fingerprint density at radius 2 is 2.25 bits per heavy atom. The number of aromatic nitrogens is 1. The topological polar surface area (TPSA) is 47.2 Å². The average Bonchev–Trinajstić information content (AvgIpc) is 2.52. The number of oxazole rings is 1. The first-order valence-electron chi connectivity index (χ1n) is 5.06. The summed E-state index contributed by atoms with van der Waals surface area (Å²) in [4.78, 5) is 11.3. The molecule has 1 aromatic heterocycles. The van der Waals surface area contributed by atoms with Gasteiger partial charge in [-0.15, -0.1) is 0 Å². The van der Waals surface area contributed by atoms with Crippen molar-refractivity contribution < 1.29 is 4.42 Å². The van der Waals surface area contributed by atoms with Crippen LogP contribution in [0.25, 0.3) is 11.1 Å². The molecule has 2 rings (SSSR count). The zero-order chi connectivity index (χ0) is 11.7. The van der Waals surface area contributed by atoms with E-state index in [0.717, 1.165) is 18.5 Å². The summed E-state index contributed by atoms with van der Waals surface area (Å²) in [6, 6.07) is 3.73. The lowest BCUT2D eigenvalue weighted by molar-refractivity contribution is 0.528. The van der Waals surface area contributed by atoms with Crippen LogP contribution in [0.5, 0.6) is 0 Å². The van der Waals surface area contributed by atoms with Gasteiger partial charge in [-0.2, -0.15) is 0 Å². The van der Waals surface area contributed by atoms with Crippen LogP contribution in [0.4, 0.5) is 0 Å². The van der Waals surface area contributed by atoms with Gasteiger partial charge in [-0.25, -0.2) is 4.79 Å². The van der Waals surface area contributed by atoms with Crippen molar-refractivity contribution in [3.63, 3.8) is 0 Å². The van der Waals surface area contributed by atoms with Gasteiger partial charge in [0, 0.05) is 7.05 Å². The molecule has 0 fully saturated rings. The van der Waals surface area contributed by atoms with E-state index in [2.05, 4.69) is 5.32 Å². The second kappa shape index (κ2) is 4.31. The van der Waals surface area contributed by atoms with E-state index >= 15 is 0 Å². The fourth-order valence-electron chi connectivity index (χ4n) is 1.70. The molecule has 0 aliphatic heterocycles. The van der Waals surface area contributed by atoms with Gasteiger partial charge in [0.25, 0.3) is 0 Å². The van der Waals surface area contributed by atoms with Gasteiger partial charge in [-0.1, -0.05) is 11.6 Å². The van der Waals surface area contributed by atoms with Crippen LogP contribution in [0.1, 0.15) is 5.56 Å². The van der Waals surface area contributed by atoms with Gasteiger partial charge in [0.05, 0.1) is 5.02 Å². The van der Waals surface area contributed by atoms with Crippen LogP contribution < -0.4 is 11.1 Å². The summed E-state index contributed by atoms with van der Waals surface area (Å²) in [6.45, 7) is 0.860. The number of nitrogens with one attached hydrogen (secondary N) is 1. The maximum Gasteiger partial charge on any atom is 0.419 e. The number of aryl methyl sites for hydroxylation is 1. The molecule has 5 heteroatoms. The normalized spacial score (nSPS) is 11.2. The summed E-state index contributed by atoms with van der Waals surface area (Å²) in [5.41, 5.74) is 2.26. The fraction of sp³-hybridized carbons (Fsp3) is 0.364. The molecular formula is C11H13ClN2O2. The molecule has 0 spiro atoms. The van der Waals surface area contributed by atoms with E-state index in [9.17, 15) is 4.79 Å². The van der Waals surface area contributed by atoms with Gasteiger partial charge in [-0.05, 0) is 37.7 Å². The Bertz CT molecular complexity index is 571. The molecule has 0 saturated carbocycles. The van der Waals surface area contributed by atoms with Crippen LogP contribution in [0.3, 0.4) is 0 Å². The third-order valence-electron chi connectivity index (χ3n) is 2.56. The van der Waals surface area contributed by atoms with Crippen LogP contribution in [-0.4, -0.2) is 18.2 Å². The van der Waals surface area contributed by atoms with E-state index in [1.54, 1.807) is 7.05 Å². The lowest BCUT2D eigenvalue weighted by atomic mass is 10.1. The molecule has 86 valence electrons. The Kier molecular flexibility index (Phi) is 3.03. The van der Waals surface area contributed by atoms with Crippen molar-refractivity contribution >= 4 is 22.7 Å². The number of fused-ring (bicyclic) bond motifs is 1. The number of benzene rings is 1. The number of rotatable bonds is 3. The molecule has 16 heavy (non-hydrogen) atoms. The molecule has 1 aromatic carbocycles. The molecule has 0 aliphatic rings. The first-order valence-corrected chi connectivity index (χ1v) is 5.44. The lowest BCUT2D eigenvalue weighted by Crippen LogP contribution is -2.10. The largest absolute Gasteiger partial charge is 0.419 e. The predicted molar refractivity (Wildman–Crippen MR) is 64.1 cm³/mol. The number of nitrogens with zero attached hydrogens (tertiary/aromatic N) is 1. The minimum Gasteiger partial charge on any atom is -0.408 e. The number of hydrogen-bond acceptors (Lipinski definition) is 3. The van der Waals surface area contributed by atoms with Crippen molar-refractivity contribution in [1.82, 2.24) is 9.88 Å². The molecule has 4 nitrogen and oxygen atoms in total. The van der Waals surface area contributed by atoms with E-state index in [1.807, 2.05) is 19.2 Å². The zero-order valence-corrected chi connectivity index (χ0v) is 9.97. The highest BCUT2D eigenvalue weighted by Gasteiger charge is 2.11. The molecule has 0 aliphatic carbocycles. The van der Waals surface area contributed by atoms with Gasteiger partial charge in [-0.3, -0.25) is 4.57 Å². The summed E-state index contributed by atoms with van der Waals surface area (Å²) < 4.78 is 6.52. The highest BCUT2D eigenvalue weighted by Crippen LogP contribution is 2.24. The third-order valence-corrected chi connectivity index (χ3v) is 2.85. The van der Waals surface area contributed by atoms with Gasteiger partial charge in [0.1, 0.15) is 5.52 Å². The smallest absolute Gasteiger partial charge is 0.408 e. The highest BCUT2D eigenvalue weighted by atomic mass is 35.5. The molecular weight excluding hydrogens is 228 g/mol. The van der Waals surface area contributed by atoms with E-state index in [4.69, 9.17) is 16.0 Å². The summed E-state index contributed by atoms with van der Waals surface area (Å²) in [5.74, 6) is -0.386. The van der Waals surface area contributed by atoms with Crippen LogP contribution in [0, 0.1) is 0 Å². The Morgan fingerprint density at radius 3 is 2.94 bits per heavy atom. The van der Waals surface area contributed by atoms with E-state index in [1.165, 1.54) is 4.57 Å². The Morgan fingerprint density at radius 1 is 1.50 bits per heavy atom. The highest BCUT2D eigenvalue weighted by molar-refractivity contribution is 6.35. The maximum atomic E-state index is 11.3. The van der Waals surface area contributed by atoms with Gasteiger partial charge < -0.3 is 9.73 Å². The van der Waals surface area contributed by atoms with Crippen LogP contribution >= 0.6 is 11.6 Å². The molecule has 0 atom stereocenters. The van der Waals surface area contributed by atoms with Crippen LogP contribution in [-0.2, 0) is 13.5 Å². The molecule has 1 N–H and O–H groups in total. The monoisotopic (exact) mass is 240 g/mol. The number of likely N-dealkylation sites (N-methyl/N-ethyl adjacent to an activating group) is 1. The fourth-order valence-corrected chi connectivity index (χ4v) is 2.06. The van der Waals surface area contributed by atoms with Crippen molar-refractivity contribution in [2.24, 2.45) is 7.05 Å². The summed E-state index contributed by atoms with van der Waals surface area (Å²) in [7, 11) is 3.54. The quantitative estimate of drug-likeness (QED) is 0.886. The van der Waals surface area contributed by atoms with Crippen molar-refractivity contribution in [3.05, 3.63) is 33.3 Å². The minimum absolute atomic E-state index is 0.386. The molecule has 0 amide bonds. The molecule has 0 bridgehead atoms. The summed E-state index contributed by atoms with van der Waals surface area (Å²) in [6.07, 6.45) is 0.852. The molecule has 2 aromatic rings. The summed E-state index contributed by atoms with van der Waals surface area (Å²) >= 11 is 6.12. The van der Waals surface area contributed by atoms with E-state index < -0.39 is 0 Å². The van der Waals surface area contributed by atoms with Gasteiger partial charge >= 0.3 is 5.76 Å².